The third-order valence-electron chi connectivity index (χ3n) is 7.31. The molecule has 2 aromatic heterocycles. The van der Waals surface area contributed by atoms with Crippen LogP contribution in [0.2, 0.25) is 0 Å². The van der Waals surface area contributed by atoms with Gasteiger partial charge >= 0.3 is 6.18 Å². The molecule has 0 spiro atoms. The predicted molar refractivity (Wildman–Crippen MR) is 132 cm³/mol. The van der Waals surface area contributed by atoms with Gasteiger partial charge in [0.05, 0.1) is 16.7 Å². The first-order valence-electron chi connectivity index (χ1n) is 11.9. The van der Waals surface area contributed by atoms with Gasteiger partial charge in [-0.25, -0.2) is 4.98 Å². The van der Waals surface area contributed by atoms with Gasteiger partial charge in [0.25, 0.3) is 5.56 Å². The molecule has 188 valence electrons. The summed E-state index contributed by atoms with van der Waals surface area (Å²) in [5.41, 5.74) is 1.42. The van der Waals surface area contributed by atoms with E-state index in [1.807, 2.05) is 12.1 Å². The van der Waals surface area contributed by atoms with Gasteiger partial charge in [0.2, 0.25) is 0 Å². The van der Waals surface area contributed by atoms with Crippen molar-refractivity contribution in [1.82, 2.24) is 14.1 Å². The second-order valence-electron chi connectivity index (χ2n) is 9.62. The van der Waals surface area contributed by atoms with Crippen molar-refractivity contribution in [3.8, 4) is 0 Å². The third kappa shape index (κ3) is 5.20. The minimum Gasteiger partial charge on any atom is -0.339 e. The first kappa shape index (κ1) is 25.5. The van der Waals surface area contributed by atoms with E-state index in [-0.39, 0.29) is 34.6 Å². The summed E-state index contributed by atoms with van der Waals surface area (Å²) in [5.74, 6) is 0.444. The zero-order valence-electron chi connectivity index (χ0n) is 20.4. The number of carbonyl (C=O) groups is 1. The van der Waals surface area contributed by atoms with Crippen molar-refractivity contribution >= 4 is 28.4 Å². The molecular weight excluding hydrogens is 475 g/mol. The lowest BCUT2D eigenvalue weighted by molar-refractivity contribution is -0.141. The molecule has 3 aromatic rings. The Morgan fingerprint density at radius 3 is 2.60 bits per heavy atom. The molecule has 3 unspecified atom stereocenters. The topological polar surface area (TPSA) is 56.9 Å². The molecule has 0 saturated heterocycles. The number of fused-ring (bicyclic) bond motifs is 1. The normalized spacial score (nSPS) is 20.9. The van der Waals surface area contributed by atoms with Crippen LogP contribution in [0.4, 0.5) is 13.2 Å². The summed E-state index contributed by atoms with van der Waals surface area (Å²) in [6.45, 7) is 6.33. The average molecular weight is 506 g/mol. The van der Waals surface area contributed by atoms with Crippen LogP contribution in [0.5, 0.6) is 0 Å². The average Bonchev–Trinajstić information content (AvgIpc) is 3.07. The number of aromatic nitrogens is 3. The number of para-hydroxylation sites is 1. The van der Waals surface area contributed by atoms with Gasteiger partial charge in [-0.15, -0.1) is 0 Å². The SMILES string of the molecule is Cc1cc(C(=O)CSc2nc3ccccc3c(=O)n2C2CCCC(C)C2C)c(C)n1CC(F)(F)F. The lowest BCUT2D eigenvalue weighted by atomic mass is 9.78. The van der Waals surface area contributed by atoms with E-state index >= 15 is 0 Å². The molecule has 1 aromatic carbocycles. The van der Waals surface area contributed by atoms with E-state index in [0.29, 0.717) is 33.4 Å². The molecule has 4 rings (SSSR count). The van der Waals surface area contributed by atoms with Gasteiger partial charge in [-0.1, -0.05) is 50.6 Å². The highest BCUT2D eigenvalue weighted by molar-refractivity contribution is 7.99. The zero-order chi connectivity index (χ0) is 25.5. The number of Topliss-reactive ketones (excluding diaryl/α,β-unsaturated/α-hetero) is 1. The maximum Gasteiger partial charge on any atom is 0.406 e. The minimum absolute atomic E-state index is 0.0159. The number of nitrogens with zero attached hydrogens (tertiary/aromatic N) is 3. The van der Waals surface area contributed by atoms with Crippen LogP contribution in [-0.4, -0.2) is 31.8 Å². The quantitative estimate of drug-likeness (QED) is 0.223. The number of halogens is 3. The first-order chi connectivity index (χ1) is 16.5. The summed E-state index contributed by atoms with van der Waals surface area (Å²) in [6.07, 6.45) is -1.38. The van der Waals surface area contributed by atoms with E-state index in [1.54, 1.807) is 23.6 Å². The fourth-order valence-electron chi connectivity index (χ4n) is 5.15. The lowest BCUT2D eigenvalue weighted by Gasteiger charge is -2.36. The molecule has 1 fully saturated rings. The van der Waals surface area contributed by atoms with Gasteiger partial charge in [-0.2, -0.15) is 13.2 Å². The summed E-state index contributed by atoms with van der Waals surface area (Å²) in [6, 6.07) is 8.68. The third-order valence-corrected chi connectivity index (χ3v) is 8.27. The smallest absolute Gasteiger partial charge is 0.339 e. The molecular formula is C26H30F3N3O2S. The predicted octanol–water partition coefficient (Wildman–Crippen LogP) is 6.35. The van der Waals surface area contributed by atoms with Gasteiger partial charge in [0.15, 0.2) is 10.9 Å². The number of hydrogen-bond donors (Lipinski definition) is 0. The van der Waals surface area contributed by atoms with Crippen molar-refractivity contribution in [2.24, 2.45) is 11.8 Å². The van der Waals surface area contributed by atoms with Gasteiger partial charge in [-0.05, 0) is 50.3 Å². The molecule has 9 heteroatoms. The fourth-order valence-corrected chi connectivity index (χ4v) is 6.09. The number of alkyl halides is 3. The van der Waals surface area contributed by atoms with Crippen LogP contribution in [0.15, 0.2) is 40.3 Å². The Balaban J connectivity index is 1.67. The van der Waals surface area contributed by atoms with E-state index in [4.69, 9.17) is 4.98 Å². The van der Waals surface area contributed by atoms with Crippen molar-refractivity contribution in [2.75, 3.05) is 5.75 Å². The van der Waals surface area contributed by atoms with Crippen molar-refractivity contribution in [3.05, 3.63) is 57.6 Å². The van der Waals surface area contributed by atoms with Crippen LogP contribution in [0.1, 0.15) is 60.9 Å². The van der Waals surface area contributed by atoms with Crippen LogP contribution in [0, 0.1) is 25.7 Å². The largest absolute Gasteiger partial charge is 0.406 e. The molecule has 0 radical (unpaired) electrons. The van der Waals surface area contributed by atoms with E-state index in [0.717, 1.165) is 23.8 Å². The highest BCUT2D eigenvalue weighted by atomic mass is 32.2. The maximum atomic E-state index is 13.6. The maximum absolute atomic E-state index is 13.6. The monoisotopic (exact) mass is 505 g/mol. The Labute approximate surface area is 206 Å². The summed E-state index contributed by atoms with van der Waals surface area (Å²) in [5, 5.41) is 1.03. The van der Waals surface area contributed by atoms with Crippen LogP contribution < -0.4 is 5.56 Å². The Bertz CT molecular complexity index is 1310. The Hall–Kier alpha value is -2.55. The number of benzene rings is 1. The van der Waals surface area contributed by atoms with Crippen molar-refractivity contribution in [3.63, 3.8) is 0 Å². The van der Waals surface area contributed by atoms with Crippen LogP contribution in [-0.2, 0) is 6.54 Å². The number of carbonyl (C=O) groups excluding carboxylic acids is 1. The van der Waals surface area contributed by atoms with Gasteiger partial charge in [-0.3, -0.25) is 14.2 Å². The molecule has 1 aliphatic carbocycles. The van der Waals surface area contributed by atoms with Gasteiger partial charge < -0.3 is 4.57 Å². The van der Waals surface area contributed by atoms with Crippen molar-refractivity contribution in [1.29, 1.82) is 0 Å². The van der Waals surface area contributed by atoms with E-state index < -0.39 is 12.7 Å². The molecule has 5 nitrogen and oxygen atoms in total. The molecule has 2 heterocycles. The van der Waals surface area contributed by atoms with Crippen molar-refractivity contribution in [2.45, 2.75) is 70.9 Å². The standard InChI is InChI=1S/C26H30F3N3O2S/c1-15-8-7-11-22(17(15)3)32-24(34)19-9-5-6-10-21(19)30-25(32)35-13-23(33)20-12-16(2)31(18(20)4)14-26(27,28)29/h5-6,9-10,12,15,17,22H,7-8,11,13-14H2,1-4H3. The molecule has 0 N–H and O–H groups in total. The number of hydrogen-bond acceptors (Lipinski definition) is 4. The minimum atomic E-state index is -4.37. The van der Waals surface area contributed by atoms with E-state index in [9.17, 15) is 22.8 Å². The van der Waals surface area contributed by atoms with Crippen molar-refractivity contribution < 1.29 is 18.0 Å². The second-order valence-corrected chi connectivity index (χ2v) is 10.6. The van der Waals surface area contributed by atoms with Crippen LogP contribution in [0.25, 0.3) is 10.9 Å². The fraction of sp³-hybridized carbons (Fsp3) is 0.500. The summed E-state index contributed by atoms with van der Waals surface area (Å²) < 4.78 is 41.8. The number of ketones is 1. The summed E-state index contributed by atoms with van der Waals surface area (Å²) in [7, 11) is 0. The molecule has 0 bridgehead atoms. The Morgan fingerprint density at radius 2 is 1.89 bits per heavy atom. The Kier molecular flexibility index (Phi) is 7.18. The first-order valence-corrected chi connectivity index (χ1v) is 12.9. The van der Waals surface area contributed by atoms with Crippen LogP contribution >= 0.6 is 11.8 Å². The highest BCUT2D eigenvalue weighted by Gasteiger charge is 2.32. The Morgan fingerprint density at radius 1 is 1.17 bits per heavy atom. The van der Waals surface area contributed by atoms with Gasteiger partial charge in [0.1, 0.15) is 6.54 Å². The second kappa shape index (κ2) is 9.84. The molecule has 1 saturated carbocycles. The zero-order valence-corrected chi connectivity index (χ0v) is 21.2. The lowest BCUT2D eigenvalue weighted by Crippen LogP contribution is -2.35. The molecule has 35 heavy (non-hydrogen) atoms. The number of rotatable bonds is 6. The highest BCUT2D eigenvalue weighted by Crippen LogP contribution is 2.39. The van der Waals surface area contributed by atoms with Crippen LogP contribution in [0.3, 0.4) is 0 Å². The molecule has 3 atom stereocenters. The molecule has 0 aliphatic heterocycles. The number of aryl methyl sites for hydroxylation is 1. The van der Waals surface area contributed by atoms with E-state index in [2.05, 4.69) is 13.8 Å². The summed E-state index contributed by atoms with van der Waals surface area (Å²) >= 11 is 1.18. The van der Waals surface area contributed by atoms with Gasteiger partial charge in [0, 0.05) is 23.0 Å². The van der Waals surface area contributed by atoms with E-state index in [1.165, 1.54) is 24.8 Å². The summed E-state index contributed by atoms with van der Waals surface area (Å²) in [4.78, 5) is 31.4. The molecule has 0 amide bonds. The molecule has 1 aliphatic rings. The number of thioether (sulfide) groups is 1.